The molecular weight excluding hydrogens is 258 g/mol. The van der Waals surface area contributed by atoms with Crippen LogP contribution in [-0.2, 0) is 4.74 Å². The summed E-state index contributed by atoms with van der Waals surface area (Å²) in [4.78, 5) is 23.6. The molecular formula is C15H15NO4. The first-order chi connectivity index (χ1) is 9.47. The van der Waals surface area contributed by atoms with E-state index >= 15 is 0 Å². The summed E-state index contributed by atoms with van der Waals surface area (Å²) >= 11 is 0. The number of aryl methyl sites for hydroxylation is 3. The zero-order valence-corrected chi connectivity index (χ0v) is 11.6. The molecule has 104 valence electrons. The van der Waals surface area contributed by atoms with Crippen LogP contribution in [0.1, 0.15) is 37.7 Å². The number of carbonyl (C=O) groups excluding carboxylic acids is 2. The van der Waals surface area contributed by atoms with Gasteiger partial charge in [-0.3, -0.25) is 4.79 Å². The number of esters is 1. The van der Waals surface area contributed by atoms with Crippen molar-refractivity contribution in [2.75, 3.05) is 6.61 Å². The summed E-state index contributed by atoms with van der Waals surface area (Å²) < 4.78 is 9.69. The molecule has 20 heavy (non-hydrogen) atoms. The maximum atomic E-state index is 12.0. The van der Waals surface area contributed by atoms with E-state index in [1.165, 1.54) is 6.07 Å². The van der Waals surface area contributed by atoms with Crippen LogP contribution in [0.25, 0.3) is 0 Å². The fraction of sp³-hybridized carbons (Fsp3) is 0.267. The number of benzene rings is 1. The van der Waals surface area contributed by atoms with Crippen molar-refractivity contribution in [2.24, 2.45) is 0 Å². The molecule has 0 aliphatic carbocycles. The lowest BCUT2D eigenvalue weighted by molar-refractivity contribution is 0.0435. The highest BCUT2D eigenvalue weighted by atomic mass is 16.6. The Morgan fingerprint density at radius 3 is 2.55 bits per heavy atom. The van der Waals surface area contributed by atoms with Gasteiger partial charge < -0.3 is 9.26 Å². The van der Waals surface area contributed by atoms with Crippen LogP contribution in [0, 0.1) is 20.8 Å². The SMILES string of the molecule is Cc1ccc(C(=O)COC(=O)c2cc(C)no2)c(C)c1. The molecule has 0 amide bonds. The molecule has 0 spiro atoms. The van der Waals surface area contributed by atoms with E-state index in [0.29, 0.717) is 11.3 Å². The maximum Gasteiger partial charge on any atom is 0.377 e. The Bertz CT molecular complexity index is 658. The molecule has 1 heterocycles. The van der Waals surface area contributed by atoms with Crippen molar-refractivity contribution in [3.05, 3.63) is 52.4 Å². The number of aromatic nitrogens is 1. The highest BCUT2D eigenvalue weighted by Crippen LogP contribution is 2.12. The van der Waals surface area contributed by atoms with Crippen molar-refractivity contribution in [1.82, 2.24) is 5.16 Å². The van der Waals surface area contributed by atoms with Crippen LogP contribution in [0.3, 0.4) is 0 Å². The van der Waals surface area contributed by atoms with Crippen LogP contribution in [0.4, 0.5) is 0 Å². The number of hydrogen-bond acceptors (Lipinski definition) is 5. The lowest BCUT2D eigenvalue weighted by Gasteiger charge is -2.06. The van der Waals surface area contributed by atoms with Gasteiger partial charge in [0.25, 0.3) is 0 Å². The minimum Gasteiger partial charge on any atom is -0.451 e. The predicted octanol–water partition coefficient (Wildman–Crippen LogP) is 2.64. The molecule has 2 aromatic rings. The number of nitrogens with zero attached hydrogens (tertiary/aromatic N) is 1. The van der Waals surface area contributed by atoms with Gasteiger partial charge in [0.2, 0.25) is 11.5 Å². The minimum atomic E-state index is -0.691. The third-order valence-electron chi connectivity index (χ3n) is 2.85. The van der Waals surface area contributed by atoms with Gasteiger partial charge in [-0.1, -0.05) is 28.9 Å². The molecule has 5 nitrogen and oxygen atoms in total. The highest BCUT2D eigenvalue weighted by molar-refractivity contribution is 6.00. The lowest BCUT2D eigenvalue weighted by atomic mass is 10.0. The average Bonchev–Trinajstić information content (AvgIpc) is 2.82. The Kier molecular flexibility index (Phi) is 3.98. The molecule has 5 heteroatoms. The van der Waals surface area contributed by atoms with Crippen molar-refractivity contribution >= 4 is 11.8 Å². The number of rotatable bonds is 4. The van der Waals surface area contributed by atoms with E-state index < -0.39 is 5.97 Å². The van der Waals surface area contributed by atoms with E-state index in [1.54, 1.807) is 13.0 Å². The minimum absolute atomic E-state index is 0.00377. The quantitative estimate of drug-likeness (QED) is 0.632. The fourth-order valence-electron chi connectivity index (χ4n) is 1.87. The average molecular weight is 273 g/mol. The number of carbonyl (C=O) groups is 2. The molecule has 0 saturated heterocycles. The second kappa shape index (κ2) is 5.69. The number of ether oxygens (including phenoxy) is 1. The second-order valence-corrected chi connectivity index (χ2v) is 4.65. The molecule has 0 aliphatic heterocycles. The molecule has 2 rings (SSSR count). The lowest BCUT2D eigenvalue weighted by Crippen LogP contribution is -2.14. The summed E-state index contributed by atoms with van der Waals surface area (Å²) in [6.07, 6.45) is 0. The molecule has 0 fully saturated rings. The second-order valence-electron chi connectivity index (χ2n) is 4.65. The Balaban J connectivity index is 2.00. The van der Waals surface area contributed by atoms with Gasteiger partial charge in [-0.05, 0) is 26.3 Å². The summed E-state index contributed by atoms with van der Waals surface area (Å²) in [6, 6.07) is 6.96. The van der Waals surface area contributed by atoms with E-state index in [4.69, 9.17) is 9.26 Å². The van der Waals surface area contributed by atoms with Crippen molar-refractivity contribution in [3.8, 4) is 0 Å². The summed E-state index contributed by atoms with van der Waals surface area (Å²) in [5.41, 5.74) is 3.07. The Morgan fingerprint density at radius 1 is 1.20 bits per heavy atom. The van der Waals surface area contributed by atoms with Crippen molar-refractivity contribution in [1.29, 1.82) is 0 Å². The molecule has 0 atom stereocenters. The predicted molar refractivity (Wildman–Crippen MR) is 71.8 cm³/mol. The summed E-state index contributed by atoms with van der Waals surface area (Å²) in [5, 5.41) is 3.59. The molecule has 1 aromatic carbocycles. The standard InChI is InChI=1S/C15H15NO4/c1-9-4-5-12(10(2)6-9)13(17)8-19-15(18)14-7-11(3)16-20-14/h4-7H,8H2,1-3H3. The first kappa shape index (κ1) is 14.0. The topological polar surface area (TPSA) is 69.4 Å². The smallest absolute Gasteiger partial charge is 0.377 e. The fourth-order valence-corrected chi connectivity index (χ4v) is 1.87. The van der Waals surface area contributed by atoms with E-state index in [1.807, 2.05) is 26.0 Å². The van der Waals surface area contributed by atoms with Gasteiger partial charge in [-0.15, -0.1) is 0 Å². The van der Waals surface area contributed by atoms with Crippen molar-refractivity contribution in [3.63, 3.8) is 0 Å². The molecule has 0 bridgehead atoms. The number of ketones is 1. The zero-order chi connectivity index (χ0) is 14.7. The van der Waals surface area contributed by atoms with Gasteiger partial charge in [-0.2, -0.15) is 0 Å². The summed E-state index contributed by atoms with van der Waals surface area (Å²) in [5.74, 6) is -0.938. The largest absolute Gasteiger partial charge is 0.451 e. The molecule has 0 N–H and O–H groups in total. The van der Waals surface area contributed by atoms with E-state index in [2.05, 4.69) is 5.16 Å². The van der Waals surface area contributed by atoms with Gasteiger partial charge in [0.1, 0.15) is 0 Å². The van der Waals surface area contributed by atoms with Crippen molar-refractivity contribution < 1.29 is 18.8 Å². The zero-order valence-electron chi connectivity index (χ0n) is 11.6. The highest BCUT2D eigenvalue weighted by Gasteiger charge is 2.16. The van der Waals surface area contributed by atoms with E-state index in [0.717, 1.165) is 11.1 Å². The first-order valence-electron chi connectivity index (χ1n) is 6.18. The van der Waals surface area contributed by atoms with Gasteiger partial charge in [0.15, 0.2) is 6.61 Å². The third kappa shape index (κ3) is 3.12. The first-order valence-corrected chi connectivity index (χ1v) is 6.18. The van der Waals surface area contributed by atoms with Crippen molar-refractivity contribution in [2.45, 2.75) is 20.8 Å². The van der Waals surface area contributed by atoms with Crippen LogP contribution in [0.15, 0.2) is 28.8 Å². The normalized spacial score (nSPS) is 10.3. The van der Waals surface area contributed by atoms with Gasteiger partial charge >= 0.3 is 5.97 Å². The van der Waals surface area contributed by atoms with Gasteiger partial charge in [-0.25, -0.2) is 4.79 Å². The monoisotopic (exact) mass is 273 g/mol. The Hall–Kier alpha value is -2.43. The van der Waals surface area contributed by atoms with E-state index in [9.17, 15) is 9.59 Å². The van der Waals surface area contributed by atoms with Gasteiger partial charge in [0.05, 0.1) is 5.69 Å². The maximum absolute atomic E-state index is 12.0. The molecule has 0 radical (unpaired) electrons. The van der Waals surface area contributed by atoms with Crippen LogP contribution >= 0.6 is 0 Å². The molecule has 0 aliphatic rings. The summed E-state index contributed by atoms with van der Waals surface area (Å²) in [7, 11) is 0. The van der Waals surface area contributed by atoms with Crippen LogP contribution in [0.5, 0.6) is 0 Å². The van der Waals surface area contributed by atoms with Gasteiger partial charge in [0, 0.05) is 11.6 Å². The summed E-state index contributed by atoms with van der Waals surface area (Å²) in [6.45, 7) is 5.18. The Labute approximate surface area is 116 Å². The number of hydrogen-bond donors (Lipinski definition) is 0. The van der Waals surface area contributed by atoms with E-state index in [-0.39, 0.29) is 18.2 Å². The molecule has 0 saturated carbocycles. The van der Waals surface area contributed by atoms with Crippen LogP contribution < -0.4 is 0 Å². The third-order valence-corrected chi connectivity index (χ3v) is 2.85. The van der Waals surface area contributed by atoms with Crippen LogP contribution in [-0.4, -0.2) is 23.5 Å². The number of Topliss-reactive ketones (excluding diaryl/α,β-unsaturated/α-hetero) is 1. The molecule has 1 aromatic heterocycles. The molecule has 0 unspecified atom stereocenters. The van der Waals surface area contributed by atoms with Crippen LogP contribution in [0.2, 0.25) is 0 Å². The Morgan fingerprint density at radius 2 is 1.95 bits per heavy atom.